The molecular formula is C15H26FN. The van der Waals surface area contributed by atoms with Crippen molar-refractivity contribution in [1.29, 1.82) is 0 Å². The summed E-state index contributed by atoms with van der Waals surface area (Å²) in [6, 6.07) is -0.337. The monoisotopic (exact) mass is 239 g/mol. The Kier molecular flexibility index (Phi) is 4.79. The number of hydrogen-bond donors (Lipinski definition) is 1. The summed E-state index contributed by atoms with van der Waals surface area (Å²) in [4.78, 5) is 0. The van der Waals surface area contributed by atoms with Gasteiger partial charge in [-0.05, 0) is 33.1 Å². The van der Waals surface area contributed by atoms with Gasteiger partial charge in [-0.15, -0.1) is 0 Å². The summed E-state index contributed by atoms with van der Waals surface area (Å²) in [6.07, 6.45) is 6.21. The third kappa shape index (κ3) is 4.53. The zero-order valence-electron chi connectivity index (χ0n) is 11.5. The Morgan fingerprint density at radius 2 is 1.88 bits per heavy atom. The van der Waals surface area contributed by atoms with E-state index in [1.54, 1.807) is 13.8 Å². The standard InChI is InChI=1S/C15H26FN/c1-11(2)14(15(4,5)16)17-12(3)10-13-8-6-7-9-13/h13-14,17H,1,3,6-10H2,2,4-5H3. The summed E-state index contributed by atoms with van der Waals surface area (Å²) in [5.74, 6) is 0.739. The molecule has 0 aromatic heterocycles. The molecule has 0 aliphatic heterocycles. The van der Waals surface area contributed by atoms with Gasteiger partial charge in [-0.1, -0.05) is 44.4 Å². The van der Waals surface area contributed by atoms with Crippen molar-refractivity contribution in [2.24, 2.45) is 5.92 Å². The SMILES string of the molecule is C=C(CC1CCCC1)NC(C(=C)C)C(C)(C)F. The van der Waals surface area contributed by atoms with E-state index in [0.717, 1.165) is 23.6 Å². The molecule has 1 aliphatic rings. The lowest BCUT2D eigenvalue weighted by molar-refractivity contribution is 0.173. The van der Waals surface area contributed by atoms with Crippen molar-refractivity contribution in [3.05, 3.63) is 24.4 Å². The first kappa shape index (κ1) is 14.3. The van der Waals surface area contributed by atoms with Crippen LogP contribution in [-0.2, 0) is 0 Å². The lowest BCUT2D eigenvalue weighted by Gasteiger charge is -2.30. The summed E-state index contributed by atoms with van der Waals surface area (Å²) >= 11 is 0. The molecule has 1 saturated carbocycles. The van der Waals surface area contributed by atoms with Crippen molar-refractivity contribution in [2.45, 2.75) is 64.6 Å². The highest BCUT2D eigenvalue weighted by Gasteiger charge is 2.30. The van der Waals surface area contributed by atoms with E-state index >= 15 is 0 Å². The molecular weight excluding hydrogens is 213 g/mol. The lowest BCUT2D eigenvalue weighted by atomic mass is 9.93. The molecule has 98 valence electrons. The fraction of sp³-hybridized carbons (Fsp3) is 0.733. The number of allylic oxidation sites excluding steroid dienone is 1. The lowest BCUT2D eigenvalue weighted by Crippen LogP contribution is -2.44. The minimum atomic E-state index is -1.30. The molecule has 0 heterocycles. The Labute approximate surface area is 105 Å². The van der Waals surface area contributed by atoms with E-state index in [4.69, 9.17) is 0 Å². The molecule has 1 aliphatic carbocycles. The quantitative estimate of drug-likeness (QED) is 0.679. The smallest absolute Gasteiger partial charge is 0.129 e. The van der Waals surface area contributed by atoms with E-state index in [1.807, 2.05) is 6.92 Å². The third-order valence-corrected chi connectivity index (χ3v) is 3.54. The highest BCUT2D eigenvalue weighted by atomic mass is 19.1. The molecule has 1 atom stereocenters. The average Bonchev–Trinajstić information content (AvgIpc) is 2.64. The third-order valence-electron chi connectivity index (χ3n) is 3.54. The van der Waals surface area contributed by atoms with E-state index in [1.165, 1.54) is 25.7 Å². The Balaban J connectivity index is 2.49. The molecule has 1 nitrogen and oxygen atoms in total. The van der Waals surface area contributed by atoms with Crippen LogP contribution < -0.4 is 5.32 Å². The average molecular weight is 239 g/mol. The van der Waals surface area contributed by atoms with E-state index < -0.39 is 5.67 Å². The molecule has 0 spiro atoms. The highest BCUT2D eigenvalue weighted by Crippen LogP contribution is 2.30. The number of rotatable bonds is 6. The molecule has 2 heteroatoms. The van der Waals surface area contributed by atoms with Gasteiger partial charge >= 0.3 is 0 Å². The van der Waals surface area contributed by atoms with Gasteiger partial charge in [-0.25, -0.2) is 4.39 Å². The van der Waals surface area contributed by atoms with Crippen LogP contribution in [0.4, 0.5) is 4.39 Å². The number of nitrogens with one attached hydrogen (secondary N) is 1. The van der Waals surface area contributed by atoms with E-state index in [2.05, 4.69) is 18.5 Å². The molecule has 1 N–H and O–H groups in total. The predicted octanol–water partition coefficient (Wildman–Crippen LogP) is 4.36. The van der Waals surface area contributed by atoms with Crippen LogP contribution in [0.3, 0.4) is 0 Å². The first-order valence-electron chi connectivity index (χ1n) is 6.59. The Morgan fingerprint density at radius 3 is 2.29 bits per heavy atom. The van der Waals surface area contributed by atoms with E-state index in [-0.39, 0.29) is 6.04 Å². The van der Waals surface area contributed by atoms with Crippen LogP contribution in [0, 0.1) is 5.92 Å². The minimum Gasteiger partial charge on any atom is -0.379 e. The van der Waals surface area contributed by atoms with Gasteiger partial charge < -0.3 is 5.32 Å². The largest absolute Gasteiger partial charge is 0.379 e. The maximum Gasteiger partial charge on any atom is 0.129 e. The van der Waals surface area contributed by atoms with E-state index in [9.17, 15) is 4.39 Å². The normalized spacial score (nSPS) is 19.1. The van der Waals surface area contributed by atoms with Gasteiger partial charge in [-0.3, -0.25) is 0 Å². The van der Waals surface area contributed by atoms with Crippen LogP contribution in [0.2, 0.25) is 0 Å². The maximum atomic E-state index is 14.0. The Morgan fingerprint density at radius 1 is 1.35 bits per heavy atom. The molecule has 17 heavy (non-hydrogen) atoms. The molecule has 0 aromatic carbocycles. The fourth-order valence-corrected chi connectivity index (χ4v) is 2.71. The molecule has 1 fully saturated rings. The Hall–Kier alpha value is -0.790. The van der Waals surface area contributed by atoms with Gasteiger partial charge in [0.2, 0.25) is 0 Å². The van der Waals surface area contributed by atoms with Gasteiger partial charge in [0.1, 0.15) is 5.67 Å². The van der Waals surface area contributed by atoms with Crippen LogP contribution in [0.25, 0.3) is 0 Å². The van der Waals surface area contributed by atoms with E-state index in [0.29, 0.717) is 0 Å². The zero-order chi connectivity index (χ0) is 13.1. The molecule has 0 saturated heterocycles. The van der Waals surface area contributed by atoms with Crippen molar-refractivity contribution in [1.82, 2.24) is 5.32 Å². The summed E-state index contributed by atoms with van der Waals surface area (Å²) in [5, 5.41) is 3.21. The maximum absolute atomic E-state index is 14.0. The van der Waals surface area contributed by atoms with Crippen LogP contribution in [0.1, 0.15) is 52.9 Å². The van der Waals surface area contributed by atoms with Crippen molar-refractivity contribution in [3.8, 4) is 0 Å². The molecule has 0 radical (unpaired) electrons. The second-order valence-electron chi connectivity index (χ2n) is 5.95. The second kappa shape index (κ2) is 5.70. The molecule has 0 aromatic rings. The van der Waals surface area contributed by atoms with Crippen molar-refractivity contribution < 1.29 is 4.39 Å². The zero-order valence-corrected chi connectivity index (χ0v) is 11.5. The van der Waals surface area contributed by atoms with Gasteiger partial charge in [0.15, 0.2) is 0 Å². The second-order valence-corrected chi connectivity index (χ2v) is 5.95. The highest BCUT2D eigenvalue weighted by molar-refractivity contribution is 5.13. The van der Waals surface area contributed by atoms with Gasteiger partial charge in [-0.2, -0.15) is 0 Å². The fourth-order valence-electron chi connectivity index (χ4n) is 2.71. The molecule has 1 unspecified atom stereocenters. The van der Waals surface area contributed by atoms with Gasteiger partial charge in [0.05, 0.1) is 6.04 Å². The number of alkyl halides is 1. The summed E-state index contributed by atoms with van der Waals surface area (Å²) in [7, 11) is 0. The topological polar surface area (TPSA) is 12.0 Å². The Bertz CT molecular complexity index is 282. The molecule has 0 amide bonds. The first-order valence-corrected chi connectivity index (χ1v) is 6.59. The number of halogens is 1. The van der Waals surface area contributed by atoms with Gasteiger partial charge in [0, 0.05) is 5.70 Å². The van der Waals surface area contributed by atoms with Crippen LogP contribution in [0.5, 0.6) is 0 Å². The summed E-state index contributed by atoms with van der Waals surface area (Å²) < 4.78 is 14.0. The van der Waals surface area contributed by atoms with Crippen molar-refractivity contribution in [3.63, 3.8) is 0 Å². The molecule has 1 rings (SSSR count). The van der Waals surface area contributed by atoms with Crippen LogP contribution >= 0.6 is 0 Å². The van der Waals surface area contributed by atoms with Crippen molar-refractivity contribution >= 4 is 0 Å². The molecule has 0 bridgehead atoms. The first-order chi connectivity index (χ1) is 7.80. The summed E-state index contributed by atoms with van der Waals surface area (Å²) in [5.41, 5.74) is 0.477. The minimum absolute atomic E-state index is 0.337. The predicted molar refractivity (Wildman–Crippen MR) is 72.6 cm³/mol. The number of hydrogen-bond acceptors (Lipinski definition) is 1. The van der Waals surface area contributed by atoms with Crippen LogP contribution in [0.15, 0.2) is 24.4 Å². The van der Waals surface area contributed by atoms with Crippen molar-refractivity contribution in [2.75, 3.05) is 0 Å². The summed E-state index contributed by atoms with van der Waals surface area (Å²) in [6.45, 7) is 12.9. The van der Waals surface area contributed by atoms with Gasteiger partial charge in [0.25, 0.3) is 0 Å². The van der Waals surface area contributed by atoms with Crippen LogP contribution in [-0.4, -0.2) is 11.7 Å².